The number of anilines is 1. The Bertz CT molecular complexity index is 1420. The van der Waals surface area contributed by atoms with Crippen LogP contribution < -0.4 is 9.62 Å². The first-order valence-electron chi connectivity index (χ1n) is 10.0. The Morgan fingerprint density at radius 1 is 1.18 bits per heavy atom. The average Bonchev–Trinajstić information content (AvgIpc) is 3.07. The van der Waals surface area contributed by atoms with Gasteiger partial charge in [-0.3, -0.25) is 14.1 Å². The van der Waals surface area contributed by atoms with E-state index in [-0.39, 0.29) is 11.9 Å². The van der Waals surface area contributed by atoms with E-state index in [1.54, 1.807) is 44.3 Å². The third-order valence-corrected chi connectivity index (χ3v) is 7.38. The monoisotopic (exact) mass is 500 g/mol. The maximum absolute atomic E-state index is 12.5. The van der Waals surface area contributed by atoms with E-state index in [0.717, 1.165) is 22.7 Å². The third-order valence-electron chi connectivity index (χ3n) is 4.81. The number of amidine groups is 1. The molecule has 0 saturated carbocycles. The van der Waals surface area contributed by atoms with Crippen molar-refractivity contribution in [2.24, 2.45) is 4.99 Å². The number of thioether (sulfide) groups is 1. The molecule has 1 aromatic heterocycles. The van der Waals surface area contributed by atoms with Gasteiger partial charge in [-0.2, -0.15) is 0 Å². The van der Waals surface area contributed by atoms with Crippen LogP contribution in [0, 0.1) is 0 Å². The molecule has 170 valence electrons. The number of amides is 1. The summed E-state index contributed by atoms with van der Waals surface area (Å²) in [7, 11) is -3.49. The minimum atomic E-state index is -3.49. The topological polar surface area (TPSA) is 91.7 Å². The first-order chi connectivity index (χ1) is 15.6. The number of hydrogen-bond acceptors (Lipinski definition) is 6. The zero-order valence-corrected chi connectivity index (χ0v) is 20.5. The number of benzene rings is 2. The quantitative estimate of drug-likeness (QED) is 0.500. The second kappa shape index (κ2) is 9.17. The fourth-order valence-electron chi connectivity index (χ4n) is 3.52. The molecule has 1 amide bonds. The highest BCUT2D eigenvalue weighted by Gasteiger charge is 2.25. The highest BCUT2D eigenvalue weighted by Crippen LogP contribution is 2.35. The molecule has 0 radical (unpaired) electrons. The second-order valence-corrected chi connectivity index (χ2v) is 11.0. The lowest BCUT2D eigenvalue weighted by atomic mass is 10.1. The number of sulfonamides is 1. The average molecular weight is 501 g/mol. The van der Waals surface area contributed by atoms with Crippen LogP contribution in [0.2, 0.25) is 5.02 Å². The smallest absolute Gasteiger partial charge is 0.264 e. The van der Waals surface area contributed by atoms with Gasteiger partial charge in [0.15, 0.2) is 5.17 Å². The lowest BCUT2D eigenvalue weighted by Gasteiger charge is -2.26. The van der Waals surface area contributed by atoms with E-state index in [1.807, 2.05) is 30.3 Å². The van der Waals surface area contributed by atoms with Crippen molar-refractivity contribution in [3.63, 3.8) is 0 Å². The predicted molar refractivity (Wildman–Crippen MR) is 136 cm³/mol. The third kappa shape index (κ3) is 5.21. The van der Waals surface area contributed by atoms with E-state index in [4.69, 9.17) is 11.6 Å². The van der Waals surface area contributed by atoms with Crippen molar-refractivity contribution in [3.8, 4) is 0 Å². The molecule has 0 spiro atoms. The van der Waals surface area contributed by atoms with Gasteiger partial charge in [-0.25, -0.2) is 13.4 Å². The predicted octanol–water partition coefficient (Wildman–Crippen LogP) is 4.95. The molecule has 33 heavy (non-hydrogen) atoms. The van der Waals surface area contributed by atoms with Crippen molar-refractivity contribution < 1.29 is 13.2 Å². The van der Waals surface area contributed by atoms with Gasteiger partial charge >= 0.3 is 0 Å². The lowest BCUT2D eigenvalue weighted by Crippen LogP contribution is -2.36. The summed E-state index contributed by atoms with van der Waals surface area (Å²) in [6.45, 7) is 3.57. The highest BCUT2D eigenvalue weighted by molar-refractivity contribution is 8.18. The molecule has 1 saturated heterocycles. The first kappa shape index (κ1) is 23.3. The summed E-state index contributed by atoms with van der Waals surface area (Å²) in [6, 6.07) is 14.1. The molecule has 1 aliphatic heterocycles. The zero-order valence-electron chi connectivity index (χ0n) is 18.1. The molecule has 7 nitrogen and oxygen atoms in total. The van der Waals surface area contributed by atoms with Gasteiger partial charge in [0.25, 0.3) is 5.91 Å². The maximum Gasteiger partial charge on any atom is 0.264 e. The van der Waals surface area contributed by atoms with Crippen LogP contribution in [0.1, 0.15) is 19.4 Å². The SMILES string of the molecule is CC(C)N(c1ccc(Cl)c(N=C2NC(=O)/C(=C\c3ccc4ncccc4c3)S2)c1)S(C)(=O)=O. The van der Waals surface area contributed by atoms with Crippen LogP contribution in [0.15, 0.2) is 64.6 Å². The molecule has 1 N–H and O–H groups in total. The van der Waals surface area contributed by atoms with Crippen molar-refractivity contribution >= 4 is 72.8 Å². The number of fused-ring (bicyclic) bond motifs is 1. The number of carbonyl (C=O) groups is 1. The Morgan fingerprint density at radius 3 is 2.70 bits per heavy atom. The fourth-order valence-corrected chi connectivity index (χ4v) is 5.78. The lowest BCUT2D eigenvalue weighted by molar-refractivity contribution is -0.115. The van der Waals surface area contributed by atoms with E-state index in [9.17, 15) is 13.2 Å². The van der Waals surface area contributed by atoms with Crippen LogP contribution in [0.4, 0.5) is 11.4 Å². The Morgan fingerprint density at radius 2 is 1.97 bits per heavy atom. The number of aliphatic imine (C=N–C) groups is 1. The van der Waals surface area contributed by atoms with E-state index < -0.39 is 10.0 Å². The van der Waals surface area contributed by atoms with Crippen molar-refractivity contribution in [3.05, 3.63) is 70.2 Å². The normalized spacial score (nSPS) is 16.7. The van der Waals surface area contributed by atoms with Crippen LogP contribution in [0.25, 0.3) is 17.0 Å². The van der Waals surface area contributed by atoms with Crippen LogP contribution in [0.3, 0.4) is 0 Å². The Hall–Kier alpha value is -2.88. The molecule has 1 aliphatic rings. The molecule has 0 atom stereocenters. The van der Waals surface area contributed by atoms with Gasteiger partial charge in [-0.05, 0) is 73.6 Å². The number of rotatable bonds is 5. The van der Waals surface area contributed by atoms with Gasteiger partial charge in [0.05, 0.1) is 33.1 Å². The second-order valence-electron chi connectivity index (χ2n) is 7.73. The van der Waals surface area contributed by atoms with Crippen LogP contribution in [-0.4, -0.2) is 36.8 Å². The van der Waals surface area contributed by atoms with E-state index in [2.05, 4.69) is 15.3 Å². The van der Waals surface area contributed by atoms with Crippen LogP contribution in [-0.2, 0) is 14.8 Å². The van der Waals surface area contributed by atoms with Gasteiger partial charge in [0.2, 0.25) is 10.0 Å². The van der Waals surface area contributed by atoms with E-state index in [0.29, 0.717) is 26.5 Å². The molecule has 4 rings (SSSR count). The molecular formula is C23H21ClN4O3S2. The van der Waals surface area contributed by atoms with Gasteiger partial charge in [-0.1, -0.05) is 23.7 Å². The Balaban J connectivity index is 1.64. The van der Waals surface area contributed by atoms with E-state index >= 15 is 0 Å². The summed E-state index contributed by atoms with van der Waals surface area (Å²) in [6.07, 6.45) is 4.68. The van der Waals surface area contributed by atoms with Crippen molar-refractivity contribution in [2.45, 2.75) is 19.9 Å². The molecule has 0 bridgehead atoms. The molecule has 1 fully saturated rings. The van der Waals surface area contributed by atoms with Gasteiger partial charge < -0.3 is 5.32 Å². The summed E-state index contributed by atoms with van der Waals surface area (Å²) in [5.41, 5.74) is 2.56. The largest absolute Gasteiger partial charge is 0.300 e. The molecular weight excluding hydrogens is 480 g/mol. The summed E-state index contributed by atoms with van der Waals surface area (Å²) < 4.78 is 25.8. The van der Waals surface area contributed by atoms with Crippen molar-refractivity contribution in [2.75, 3.05) is 10.6 Å². The summed E-state index contributed by atoms with van der Waals surface area (Å²) in [5.74, 6) is -0.266. The number of hydrogen-bond donors (Lipinski definition) is 1. The summed E-state index contributed by atoms with van der Waals surface area (Å²) in [5, 5.41) is 4.43. The fraction of sp³-hybridized carbons (Fsp3) is 0.174. The number of halogens is 1. The number of nitrogens with one attached hydrogen (secondary N) is 1. The van der Waals surface area contributed by atoms with E-state index in [1.165, 1.54) is 16.1 Å². The number of pyridine rings is 1. The molecule has 10 heteroatoms. The summed E-state index contributed by atoms with van der Waals surface area (Å²) in [4.78, 5) is 21.8. The van der Waals surface area contributed by atoms with Crippen molar-refractivity contribution in [1.29, 1.82) is 0 Å². The Kier molecular flexibility index (Phi) is 6.47. The van der Waals surface area contributed by atoms with Gasteiger partial charge in [0.1, 0.15) is 0 Å². The van der Waals surface area contributed by atoms with Gasteiger partial charge in [-0.15, -0.1) is 0 Å². The van der Waals surface area contributed by atoms with Crippen LogP contribution in [0.5, 0.6) is 0 Å². The number of carbonyl (C=O) groups excluding carboxylic acids is 1. The number of aromatic nitrogens is 1. The van der Waals surface area contributed by atoms with Crippen molar-refractivity contribution in [1.82, 2.24) is 10.3 Å². The number of nitrogens with zero attached hydrogens (tertiary/aromatic N) is 3. The highest BCUT2D eigenvalue weighted by atomic mass is 35.5. The van der Waals surface area contributed by atoms with Gasteiger partial charge in [0, 0.05) is 17.6 Å². The summed E-state index contributed by atoms with van der Waals surface area (Å²) >= 11 is 7.51. The standard InChI is InChI=1S/C23H21ClN4O3S2/c1-14(2)28(33(3,30)31)17-7-8-18(24)20(13-17)26-23-27-22(29)21(32-23)12-15-6-9-19-16(11-15)5-4-10-25-19/h4-14H,1-3H3,(H,26,27,29)/b21-12+. The molecule has 3 aromatic rings. The zero-order chi connectivity index (χ0) is 23.8. The molecule has 2 heterocycles. The molecule has 2 aromatic carbocycles. The first-order valence-corrected chi connectivity index (χ1v) is 13.1. The van der Waals surface area contributed by atoms with Crippen LogP contribution >= 0.6 is 23.4 Å². The minimum Gasteiger partial charge on any atom is -0.300 e. The minimum absolute atomic E-state index is 0.266. The molecule has 0 unspecified atom stereocenters. The Labute approximate surface area is 201 Å². The molecule has 0 aliphatic carbocycles. The maximum atomic E-state index is 12.5.